The molecule has 0 aromatic rings. The molecule has 0 aliphatic heterocycles. The molecule has 0 aliphatic rings. The highest BCUT2D eigenvalue weighted by molar-refractivity contribution is 14.1. The summed E-state index contributed by atoms with van der Waals surface area (Å²) < 4.78 is 72.7. The van der Waals surface area contributed by atoms with Crippen molar-refractivity contribution in [3.05, 3.63) is 0 Å². The van der Waals surface area contributed by atoms with Crippen molar-refractivity contribution in [2.45, 2.75) is 18.8 Å². The molecule has 0 atom stereocenters. The Balaban J connectivity index is 4.21. The molecule has 0 radical (unpaired) electrons. The lowest BCUT2D eigenvalue weighted by atomic mass is 10.3. The van der Waals surface area contributed by atoms with Gasteiger partial charge in [-0.1, -0.05) is 22.6 Å². The molecule has 5 nitrogen and oxygen atoms in total. The van der Waals surface area contributed by atoms with E-state index >= 15 is 0 Å². The number of rotatable bonds is 9. The smallest absolute Gasteiger partial charge is 0.347 e. The van der Waals surface area contributed by atoms with Crippen LogP contribution in [-0.4, -0.2) is 66.2 Å². The van der Waals surface area contributed by atoms with E-state index in [-0.39, 0.29) is 26.2 Å². The predicted octanol–water partition coefficient (Wildman–Crippen LogP) is 1.47. The Morgan fingerprint density at radius 2 is 1.22 bits per heavy atom. The van der Waals surface area contributed by atoms with Crippen molar-refractivity contribution in [3.63, 3.8) is 0 Å². The van der Waals surface area contributed by atoms with E-state index in [4.69, 9.17) is 0 Å². The van der Waals surface area contributed by atoms with E-state index in [2.05, 4.69) is 22.6 Å². The molecule has 12 heteroatoms. The molecule has 2 amide bonds. The van der Waals surface area contributed by atoms with Gasteiger partial charge in [-0.05, 0) is 13.0 Å². The lowest BCUT2D eigenvalue weighted by Gasteiger charge is -2.22. The van der Waals surface area contributed by atoms with Crippen LogP contribution in [0.4, 0.5) is 26.3 Å². The van der Waals surface area contributed by atoms with Gasteiger partial charge in [0.25, 0.3) is 0 Å². The van der Waals surface area contributed by atoms with Gasteiger partial charge in [0.15, 0.2) is 0 Å². The van der Waals surface area contributed by atoms with Crippen LogP contribution in [0.5, 0.6) is 0 Å². The molecule has 0 aliphatic carbocycles. The minimum atomic E-state index is -4.98. The van der Waals surface area contributed by atoms with Gasteiger partial charge in [0, 0.05) is 30.6 Å². The Bertz CT molecular complexity index is 357. The fraction of sp³-hybridized carbons (Fsp3) is 0.818. The maximum Gasteiger partial charge on any atom is 0.471 e. The summed E-state index contributed by atoms with van der Waals surface area (Å²) in [5, 5.41) is 3.36. The van der Waals surface area contributed by atoms with Crippen molar-refractivity contribution in [2.24, 2.45) is 0 Å². The summed E-state index contributed by atoms with van der Waals surface area (Å²) in [7, 11) is 0. The van der Waals surface area contributed by atoms with Gasteiger partial charge in [-0.2, -0.15) is 26.3 Å². The number of amides is 2. The van der Waals surface area contributed by atoms with E-state index in [1.807, 2.05) is 0 Å². The summed E-state index contributed by atoms with van der Waals surface area (Å²) >= 11 is 2.07. The third-order valence-corrected chi connectivity index (χ3v) is 3.31. The molecule has 0 spiro atoms. The third-order valence-electron chi connectivity index (χ3n) is 2.55. The van der Waals surface area contributed by atoms with Crippen molar-refractivity contribution in [3.8, 4) is 0 Å². The molecular weight excluding hydrogens is 447 g/mol. The highest BCUT2D eigenvalue weighted by atomic mass is 127. The molecule has 0 saturated carbocycles. The van der Waals surface area contributed by atoms with E-state index in [9.17, 15) is 35.9 Å². The first kappa shape index (κ1) is 22.2. The highest BCUT2D eigenvalue weighted by Crippen LogP contribution is 2.14. The van der Waals surface area contributed by atoms with Gasteiger partial charge in [0.05, 0.1) is 0 Å². The number of nitrogens with one attached hydrogen (secondary N) is 2. The van der Waals surface area contributed by atoms with Crippen molar-refractivity contribution in [2.75, 3.05) is 37.2 Å². The lowest BCUT2D eigenvalue weighted by Crippen LogP contribution is -2.44. The summed E-state index contributed by atoms with van der Waals surface area (Å²) in [5.41, 5.74) is 0. The average molecular weight is 463 g/mol. The monoisotopic (exact) mass is 463 g/mol. The molecule has 23 heavy (non-hydrogen) atoms. The number of carbonyl (C=O) groups excluding carboxylic acids is 2. The maximum absolute atomic E-state index is 12.0. The van der Waals surface area contributed by atoms with E-state index in [1.54, 1.807) is 15.5 Å². The third kappa shape index (κ3) is 10.6. The summed E-state index contributed by atoms with van der Waals surface area (Å²) in [6.07, 6.45) is -9.29. The van der Waals surface area contributed by atoms with Crippen molar-refractivity contribution >= 4 is 34.4 Å². The molecule has 0 unspecified atom stereocenters. The van der Waals surface area contributed by atoms with Crippen LogP contribution >= 0.6 is 22.6 Å². The molecular formula is C11H16F6IN3O2. The summed E-state index contributed by atoms with van der Waals surface area (Å²) in [4.78, 5) is 22.8. The Morgan fingerprint density at radius 3 is 1.52 bits per heavy atom. The van der Waals surface area contributed by atoms with Crippen LogP contribution in [-0.2, 0) is 9.59 Å². The standard InChI is InChI=1S/C11H16F6IN3O2/c12-10(13,14)8(22)19-3-6-21(5-1-2-18)7-4-20-9(23)11(15,16)17/h1-7H2,(H,19,22)(H,20,23). The summed E-state index contributed by atoms with van der Waals surface area (Å²) in [6.45, 7) is -0.118. The minimum absolute atomic E-state index is 0.0281. The Kier molecular flexibility index (Phi) is 9.80. The van der Waals surface area contributed by atoms with E-state index in [1.165, 1.54) is 0 Å². The van der Waals surface area contributed by atoms with Gasteiger partial charge in [-0.3, -0.25) is 14.5 Å². The van der Waals surface area contributed by atoms with Gasteiger partial charge in [-0.25, -0.2) is 0 Å². The van der Waals surface area contributed by atoms with Crippen molar-refractivity contribution in [1.82, 2.24) is 15.5 Å². The molecule has 0 bridgehead atoms. The first-order valence-corrected chi connectivity index (χ1v) is 7.99. The van der Waals surface area contributed by atoms with Crippen molar-refractivity contribution < 1.29 is 35.9 Å². The highest BCUT2D eigenvalue weighted by Gasteiger charge is 2.39. The van der Waals surface area contributed by atoms with Crippen LogP contribution in [0.15, 0.2) is 0 Å². The number of hydrogen-bond donors (Lipinski definition) is 2. The second kappa shape index (κ2) is 10.2. The second-order valence-corrected chi connectivity index (χ2v) is 5.47. The fourth-order valence-electron chi connectivity index (χ4n) is 1.47. The van der Waals surface area contributed by atoms with Crippen LogP contribution in [0, 0.1) is 0 Å². The first-order chi connectivity index (χ1) is 10.5. The largest absolute Gasteiger partial charge is 0.471 e. The molecule has 0 heterocycles. The fourth-order valence-corrected chi connectivity index (χ4v) is 1.82. The van der Waals surface area contributed by atoms with Gasteiger partial charge < -0.3 is 10.6 Å². The van der Waals surface area contributed by atoms with E-state index in [0.29, 0.717) is 13.0 Å². The van der Waals surface area contributed by atoms with Crippen LogP contribution in [0.1, 0.15) is 6.42 Å². The Morgan fingerprint density at radius 1 is 0.826 bits per heavy atom. The van der Waals surface area contributed by atoms with Crippen LogP contribution < -0.4 is 10.6 Å². The molecule has 136 valence electrons. The first-order valence-electron chi connectivity index (χ1n) is 6.47. The number of nitrogens with zero attached hydrogens (tertiary/aromatic N) is 1. The normalized spacial score (nSPS) is 12.3. The Hall–Kier alpha value is -0.790. The Labute approximate surface area is 142 Å². The molecule has 0 aromatic carbocycles. The van der Waals surface area contributed by atoms with Gasteiger partial charge >= 0.3 is 24.2 Å². The summed E-state index contributed by atoms with van der Waals surface area (Å²) in [5.74, 6) is -4.14. The van der Waals surface area contributed by atoms with Crippen LogP contribution in [0.25, 0.3) is 0 Å². The predicted molar refractivity (Wildman–Crippen MR) is 78.1 cm³/mol. The minimum Gasteiger partial charge on any atom is -0.347 e. The molecule has 2 N–H and O–H groups in total. The number of alkyl halides is 7. The number of carbonyl (C=O) groups is 2. The molecule has 0 saturated heterocycles. The average Bonchev–Trinajstić information content (AvgIpc) is 2.41. The van der Waals surface area contributed by atoms with Crippen molar-refractivity contribution in [1.29, 1.82) is 0 Å². The molecule has 0 rings (SSSR count). The quantitative estimate of drug-likeness (QED) is 0.310. The zero-order chi connectivity index (χ0) is 18.1. The van der Waals surface area contributed by atoms with E-state index in [0.717, 1.165) is 4.43 Å². The SMILES string of the molecule is O=C(NCCN(CCCI)CCNC(=O)C(F)(F)F)C(F)(F)F. The van der Waals surface area contributed by atoms with Crippen LogP contribution in [0.2, 0.25) is 0 Å². The van der Waals surface area contributed by atoms with Crippen LogP contribution in [0.3, 0.4) is 0 Å². The lowest BCUT2D eigenvalue weighted by molar-refractivity contribution is -0.173. The molecule has 0 aromatic heterocycles. The summed E-state index contributed by atoms with van der Waals surface area (Å²) in [6, 6.07) is 0. The number of hydrogen-bond acceptors (Lipinski definition) is 3. The molecule has 0 fully saturated rings. The zero-order valence-electron chi connectivity index (χ0n) is 11.9. The van der Waals surface area contributed by atoms with Gasteiger partial charge in [-0.15, -0.1) is 0 Å². The zero-order valence-corrected chi connectivity index (χ0v) is 14.0. The number of halogens is 7. The topological polar surface area (TPSA) is 61.4 Å². The second-order valence-electron chi connectivity index (χ2n) is 4.39. The van der Waals surface area contributed by atoms with E-state index < -0.39 is 24.2 Å². The van der Waals surface area contributed by atoms with Gasteiger partial charge in [0.1, 0.15) is 0 Å². The maximum atomic E-state index is 12.0. The van der Waals surface area contributed by atoms with Gasteiger partial charge in [0.2, 0.25) is 0 Å².